The third-order valence-electron chi connectivity index (χ3n) is 2.20. The maximum Gasteiger partial charge on any atom is 0.266 e. The second-order valence-electron chi connectivity index (χ2n) is 3.49. The molecule has 2 aromatic rings. The Morgan fingerprint density at radius 2 is 1.78 bits per heavy atom. The van der Waals surface area contributed by atoms with E-state index in [1.165, 1.54) is 30.6 Å². The van der Waals surface area contributed by atoms with Crippen LogP contribution in [0, 0.1) is 0 Å². The number of rotatable bonds is 3. The number of carbonyl (C=O) groups is 1. The lowest BCUT2D eigenvalue weighted by Crippen LogP contribution is -2.30. The number of hydrogen-bond acceptors (Lipinski definition) is 4. The van der Waals surface area contributed by atoms with E-state index in [9.17, 15) is 13.2 Å². The van der Waals surface area contributed by atoms with Crippen molar-refractivity contribution in [1.82, 2.24) is 9.71 Å². The number of sulfonamides is 1. The van der Waals surface area contributed by atoms with Gasteiger partial charge in [-0.15, -0.1) is 0 Å². The van der Waals surface area contributed by atoms with Crippen molar-refractivity contribution in [2.45, 2.75) is 4.90 Å². The maximum atomic E-state index is 11.9. The van der Waals surface area contributed by atoms with Crippen LogP contribution in [0.3, 0.4) is 0 Å². The summed E-state index contributed by atoms with van der Waals surface area (Å²) in [7, 11) is -3.83. The molecule has 0 radical (unpaired) electrons. The van der Waals surface area contributed by atoms with Crippen molar-refractivity contribution in [3.8, 4) is 0 Å². The van der Waals surface area contributed by atoms with Gasteiger partial charge in [-0.25, -0.2) is 13.1 Å². The van der Waals surface area contributed by atoms with Crippen LogP contribution in [0.25, 0.3) is 0 Å². The van der Waals surface area contributed by atoms with Crippen molar-refractivity contribution in [1.29, 1.82) is 0 Å². The highest BCUT2D eigenvalue weighted by molar-refractivity contribution is 7.90. The summed E-state index contributed by atoms with van der Waals surface area (Å²) in [6.07, 6.45) is 2.80. The predicted octanol–water partition coefficient (Wildman–Crippen LogP) is 1.20. The number of hydrogen-bond donors (Lipinski definition) is 1. The molecule has 92 valence electrons. The molecule has 2 rings (SSSR count). The number of aromatic nitrogens is 1. The fourth-order valence-electron chi connectivity index (χ4n) is 1.34. The minimum atomic E-state index is -3.83. The highest BCUT2D eigenvalue weighted by Crippen LogP contribution is 2.08. The molecule has 1 aromatic carbocycles. The van der Waals surface area contributed by atoms with E-state index in [1.807, 2.05) is 4.72 Å². The molecule has 18 heavy (non-hydrogen) atoms. The third-order valence-corrected chi connectivity index (χ3v) is 3.55. The van der Waals surface area contributed by atoms with E-state index >= 15 is 0 Å². The van der Waals surface area contributed by atoms with Crippen LogP contribution in [-0.4, -0.2) is 19.3 Å². The van der Waals surface area contributed by atoms with Gasteiger partial charge >= 0.3 is 0 Å². The van der Waals surface area contributed by atoms with Gasteiger partial charge in [0.25, 0.3) is 15.9 Å². The lowest BCUT2D eigenvalue weighted by molar-refractivity contribution is 0.0981. The van der Waals surface area contributed by atoms with Crippen LogP contribution in [-0.2, 0) is 10.0 Å². The predicted molar refractivity (Wildman–Crippen MR) is 65.3 cm³/mol. The van der Waals surface area contributed by atoms with Gasteiger partial charge in [0.15, 0.2) is 0 Å². The molecule has 5 nitrogen and oxygen atoms in total. The Morgan fingerprint density at radius 3 is 2.39 bits per heavy atom. The van der Waals surface area contributed by atoms with Crippen LogP contribution in [0.2, 0.25) is 0 Å². The Kier molecular flexibility index (Phi) is 3.38. The number of pyridine rings is 1. The molecule has 0 atom stereocenters. The lowest BCUT2D eigenvalue weighted by Gasteiger charge is -2.06. The molecule has 0 saturated carbocycles. The molecule has 0 fully saturated rings. The second-order valence-corrected chi connectivity index (χ2v) is 5.17. The summed E-state index contributed by atoms with van der Waals surface area (Å²) < 4.78 is 25.7. The van der Waals surface area contributed by atoms with Gasteiger partial charge in [0.2, 0.25) is 0 Å². The van der Waals surface area contributed by atoms with Crippen molar-refractivity contribution in [2.24, 2.45) is 0 Å². The average molecular weight is 262 g/mol. The van der Waals surface area contributed by atoms with Crippen LogP contribution in [0.5, 0.6) is 0 Å². The summed E-state index contributed by atoms with van der Waals surface area (Å²) in [5.41, 5.74) is 0.192. The van der Waals surface area contributed by atoms with E-state index in [1.54, 1.807) is 24.3 Å². The van der Waals surface area contributed by atoms with Gasteiger partial charge < -0.3 is 0 Å². The number of nitrogens with zero attached hydrogens (tertiary/aromatic N) is 1. The second kappa shape index (κ2) is 4.97. The Labute approximate surface area is 105 Å². The molecule has 0 spiro atoms. The van der Waals surface area contributed by atoms with Gasteiger partial charge in [-0.2, -0.15) is 0 Å². The summed E-state index contributed by atoms with van der Waals surface area (Å²) in [6.45, 7) is 0. The summed E-state index contributed by atoms with van der Waals surface area (Å²) in [4.78, 5) is 15.5. The minimum Gasteiger partial charge on any atom is -0.268 e. The van der Waals surface area contributed by atoms with Crippen LogP contribution in [0.1, 0.15) is 10.4 Å². The van der Waals surface area contributed by atoms with Crippen molar-refractivity contribution in [3.63, 3.8) is 0 Å². The normalized spacial score (nSPS) is 10.9. The average Bonchev–Trinajstić information content (AvgIpc) is 2.40. The first-order valence-corrected chi connectivity index (χ1v) is 6.60. The van der Waals surface area contributed by atoms with E-state index in [-0.39, 0.29) is 10.5 Å². The molecule has 1 amide bonds. The van der Waals surface area contributed by atoms with Crippen LogP contribution < -0.4 is 4.72 Å². The standard InChI is InChI=1S/C12H10N2O3S/c15-12(10-5-4-8-13-9-10)14-18(16,17)11-6-2-1-3-7-11/h1-9H,(H,14,15). The molecule has 1 aromatic heterocycles. The zero-order chi connectivity index (χ0) is 13.0. The molecule has 0 saturated heterocycles. The van der Waals surface area contributed by atoms with E-state index in [4.69, 9.17) is 0 Å². The number of carbonyl (C=O) groups excluding carboxylic acids is 1. The number of nitrogens with one attached hydrogen (secondary N) is 1. The van der Waals surface area contributed by atoms with Gasteiger partial charge in [-0.3, -0.25) is 9.78 Å². The van der Waals surface area contributed by atoms with Crippen molar-refractivity contribution in [3.05, 3.63) is 60.4 Å². The molecular formula is C12H10N2O3S. The van der Waals surface area contributed by atoms with E-state index in [0.29, 0.717) is 0 Å². The first-order valence-electron chi connectivity index (χ1n) is 5.12. The lowest BCUT2D eigenvalue weighted by atomic mass is 10.3. The zero-order valence-corrected chi connectivity index (χ0v) is 10.1. The molecule has 6 heteroatoms. The Hall–Kier alpha value is -2.21. The Balaban J connectivity index is 2.23. The highest BCUT2D eigenvalue weighted by atomic mass is 32.2. The Bertz CT molecular complexity index is 640. The SMILES string of the molecule is O=C(NS(=O)(=O)c1ccccc1)c1cccnc1. The first-order chi connectivity index (χ1) is 8.59. The summed E-state index contributed by atoms with van der Waals surface area (Å²) >= 11 is 0. The largest absolute Gasteiger partial charge is 0.268 e. The van der Waals surface area contributed by atoms with Gasteiger partial charge in [-0.05, 0) is 24.3 Å². The minimum absolute atomic E-state index is 0.0437. The van der Waals surface area contributed by atoms with Crippen molar-refractivity contribution < 1.29 is 13.2 Å². The van der Waals surface area contributed by atoms with Crippen LogP contribution in [0.15, 0.2) is 59.8 Å². The zero-order valence-electron chi connectivity index (χ0n) is 9.28. The number of amides is 1. The fourth-order valence-corrected chi connectivity index (χ4v) is 2.33. The maximum absolute atomic E-state index is 11.9. The van der Waals surface area contributed by atoms with E-state index < -0.39 is 15.9 Å². The van der Waals surface area contributed by atoms with Gasteiger partial charge in [-0.1, -0.05) is 18.2 Å². The van der Waals surface area contributed by atoms with Crippen LogP contribution >= 0.6 is 0 Å². The molecule has 0 unspecified atom stereocenters. The van der Waals surface area contributed by atoms with Crippen molar-refractivity contribution >= 4 is 15.9 Å². The van der Waals surface area contributed by atoms with Gasteiger partial charge in [0.1, 0.15) is 0 Å². The summed E-state index contributed by atoms with van der Waals surface area (Å²) in [5.74, 6) is -0.702. The molecule has 1 heterocycles. The van der Waals surface area contributed by atoms with Crippen LogP contribution in [0.4, 0.5) is 0 Å². The first kappa shape index (κ1) is 12.3. The van der Waals surface area contributed by atoms with E-state index in [2.05, 4.69) is 4.98 Å². The molecule has 1 N–H and O–H groups in total. The fraction of sp³-hybridized carbons (Fsp3) is 0. The summed E-state index contributed by atoms with van der Waals surface area (Å²) in [5, 5.41) is 0. The third kappa shape index (κ3) is 2.72. The number of benzene rings is 1. The Morgan fingerprint density at radius 1 is 1.06 bits per heavy atom. The molecule has 0 aliphatic carbocycles. The molecule has 0 bridgehead atoms. The monoisotopic (exact) mass is 262 g/mol. The molecule has 0 aliphatic heterocycles. The van der Waals surface area contributed by atoms with E-state index in [0.717, 1.165) is 0 Å². The van der Waals surface area contributed by atoms with Gasteiger partial charge in [0, 0.05) is 12.4 Å². The quantitative estimate of drug-likeness (QED) is 0.901. The molecular weight excluding hydrogens is 252 g/mol. The highest BCUT2D eigenvalue weighted by Gasteiger charge is 2.17. The topological polar surface area (TPSA) is 76.1 Å². The van der Waals surface area contributed by atoms with Gasteiger partial charge in [0.05, 0.1) is 10.5 Å². The summed E-state index contributed by atoms with van der Waals surface area (Å²) in [6, 6.07) is 10.7. The van der Waals surface area contributed by atoms with Crippen molar-refractivity contribution in [2.75, 3.05) is 0 Å². The smallest absolute Gasteiger partial charge is 0.266 e. The molecule has 0 aliphatic rings.